The summed E-state index contributed by atoms with van der Waals surface area (Å²) in [5.74, 6) is -0.381. The number of benzene rings is 2. The van der Waals surface area contributed by atoms with E-state index >= 15 is 0 Å². The Hall–Kier alpha value is -2.22. The standard InChI is InChI=1S/C24H31FN4OS.ClH/c1-5-27(6-2)15-16-29(24-26-21-14-11-19(25)17-22(21)31-24)23(30)18-9-12-20(13-10-18)28(7-3)8-4;/h9-14,17H,5-8,15-16H2,1-4H3;1H. The lowest BCUT2D eigenvalue weighted by Crippen LogP contribution is -2.38. The number of carbonyl (C=O) groups excluding carboxylic acids is 1. The van der Waals surface area contributed by atoms with Crippen LogP contribution in [0.1, 0.15) is 38.1 Å². The van der Waals surface area contributed by atoms with Gasteiger partial charge in [-0.2, -0.15) is 0 Å². The van der Waals surface area contributed by atoms with Gasteiger partial charge >= 0.3 is 0 Å². The fraction of sp³-hybridized carbons (Fsp3) is 0.417. The van der Waals surface area contributed by atoms with Gasteiger partial charge in [0, 0.05) is 37.4 Å². The first-order chi connectivity index (χ1) is 15.0. The third kappa shape index (κ3) is 5.97. The first kappa shape index (κ1) is 26.0. The van der Waals surface area contributed by atoms with Crippen molar-refractivity contribution in [2.24, 2.45) is 0 Å². The Morgan fingerprint density at radius 2 is 1.59 bits per heavy atom. The van der Waals surface area contributed by atoms with E-state index in [0.29, 0.717) is 22.8 Å². The van der Waals surface area contributed by atoms with Crippen LogP contribution in [0.2, 0.25) is 0 Å². The number of fused-ring (bicyclic) bond motifs is 1. The van der Waals surface area contributed by atoms with Gasteiger partial charge in [-0.05, 0) is 69.4 Å². The van der Waals surface area contributed by atoms with Crippen molar-refractivity contribution in [1.82, 2.24) is 9.88 Å². The Bertz CT molecular complexity index is 1000. The number of likely N-dealkylation sites (N-methyl/N-ethyl adjacent to an activating group) is 1. The second-order valence-corrected chi connectivity index (χ2v) is 8.32. The van der Waals surface area contributed by atoms with Crippen molar-refractivity contribution in [2.75, 3.05) is 49.1 Å². The minimum atomic E-state index is -0.296. The molecule has 0 atom stereocenters. The third-order valence-electron chi connectivity index (χ3n) is 5.59. The van der Waals surface area contributed by atoms with Crippen LogP contribution in [0.25, 0.3) is 10.2 Å². The molecule has 5 nitrogen and oxygen atoms in total. The van der Waals surface area contributed by atoms with Gasteiger partial charge in [0.2, 0.25) is 0 Å². The number of halogens is 2. The summed E-state index contributed by atoms with van der Waals surface area (Å²) < 4.78 is 14.4. The van der Waals surface area contributed by atoms with Gasteiger partial charge in [-0.3, -0.25) is 9.69 Å². The van der Waals surface area contributed by atoms with E-state index in [0.717, 1.165) is 43.1 Å². The molecule has 0 spiro atoms. The van der Waals surface area contributed by atoms with Gasteiger partial charge in [0.25, 0.3) is 5.91 Å². The van der Waals surface area contributed by atoms with E-state index in [9.17, 15) is 9.18 Å². The molecule has 8 heteroatoms. The Kier molecular flexibility index (Phi) is 9.87. The predicted octanol–water partition coefficient (Wildman–Crippen LogP) is 5.69. The van der Waals surface area contributed by atoms with Crippen LogP contribution in [0.15, 0.2) is 42.5 Å². The van der Waals surface area contributed by atoms with Gasteiger partial charge in [0.1, 0.15) is 5.82 Å². The van der Waals surface area contributed by atoms with Crippen LogP contribution in [0.5, 0.6) is 0 Å². The number of thiazole rings is 1. The number of nitrogens with zero attached hydrogens (tertiary/aromatic N) is 4. The summed E-state index contributed by atoms with van der Waals surface area (Å²) in [5.41, 5.74) is 2.44. The van der Waals surface area contributed by atoms with E-state index < -0.39 is 0 Å². The Labute approximate surface area is 200 Å². The quantitative estimate of drug-likeness (QED) is 0.375. The fourth-order valence-corrected chi connectivity index (χ4v) is 4.64. The van der Waals surface area contributed by atoms with Gasteiger partial charge in [-0.15, -0.1) is 12.4 Å². The molecule has 0 bridgehead atoms. The molecule has 1 amide bonds. The second-order valence-electron chi connectivity index (χ2n) is 7.31. The highest BCUT2D eigenvalue weighted by molar-refractivity contribution is 7.22. The summed E-state index contributed by atoms with van der Waals surface area (Å²) in [6.45, 7) is 13.4. The van der Waals surface area contributed by atoms with Crippen LogP contribution in [0, 0.1) is 5.82 Å². The normalized spacial score (nSPS) is 10.9. The molecule has 174 valence electrons. The molecular formula is C24H32ClFN4OS. The van der Waals surface area contributed by atoms with Gasteiger partial charge in [-0.25, -0.2) is 9.37 Å². The zero-order valence-corrected chi connectivity index (χ0v) is 20.8. The van der Waals surface area contributed by atoms with Crippen molar-refractivity contribution in [3.8, 4) is 0 Å². The van der Waals surface area contributed by atoms with Crippen LogP contribution < -0.4 is 9.80 Å². The summed E-state index contributed by atoms with van der Waals surface area (Å²) in [5, 5.41) is 0.602. The molecular weight excluding hydrogens is 447 g/mol. The molecule has 0 radical (unpaired) electrons. The monoisotopic (exact) mass is 478 g/mol. The number of hydrogen-bond donors (Lipinski definition) is 0. The topological polar surface area (TPSA) is 39.7 Å². The van der Waals surface area contributed by atoms with E-state index in [4.69, 9.17) is 0 Å². The molecule has 2 aromatic carbocycles. The van der Waals surface area contributed by atoms with Crippen LogP contribution >= 0.6 is 23.7 Å². The number of aromatic nitrogens is 1. The third-order valence-corrected chi connectivity index (χ3v) is 6.63. The summed E-state index contributed by atoms with van der Waals surface area (Å²) in [4.78, 5) is 24.4. The summed E-state index contributed by atoms with van der Waals surface area (Å²) in [6.07, 6.45) is 0. The average Bonchev–Trinajstić information content (AvgIpc) is 3.20. The van der Waals surface area contributed by atoms with Gasteiger partial charge in [0.05, 0.1) is 10.2 Å². The van der Waals surface area contributed by atoms with Crippen LogP contribution in [0.3, 0.4) is 0 Å². The van der Waals surface area contributed by atoms with Crippen LogP contribution in [-0.2, 0) is 0 Å². The predicted molar refractivity (Wildman–Crippen MR) is 136 cm³/mol. The molecule has 3 rings (SSSR count). The highest BCUT2D eigenvalue weighted by Gasteiger charge is 2.22. The zero-order valence-electron chi connectivity index (χ0n) is 19.2. The lowest BCUT2D eigenvalue weighted by Gasteiger charge is -2.25. The Morgan fingerprint density at radius 3 is 2.19 bits per heavy atom. The van der Waals surface area contributed by atoms with Crippen molar-refractivity contribution in [3.05, 3.63) is 53.8 Å². The first-order valence-corrected chi connectivity index (χ1v) is 11.8. The number of amides is 1. The molecule has 32 heavy (non-hydrogen) atoms. The molecule has 0 saturated heterocycles. The maximum absolute atomic E-state index is 13.7. The number of hydrogen-bond acceptors (Lipinski definition) is 5. The highest BCUT2D eigenvalue weighted by atomic mass is 35.5. The largest absolute Gasteiger partial charge is 0.372 e. The number of anilines is 2. The Morgan fingerprint density at radius 1 is 0.938 bits per heavy atom. The highest BCUT2D eigenvalue weighted by Crippen LogP contribution is 2.30. The molecule has 1 aromatic heterocycles. The van der Waals surface area contributed by atoms with E-state index in [1.807, 2.05) is 24.3 Å². The molecule has 1 heterocycles. The summed E-state index contributed by atoms with van der Waals surface area (Å²) in [6, 6.07) is 12.3. The molecule has 0 aliphatic carbocycles. The van der Waals surface area contributed by atoms with Gasteiger partial charge in [-0.1, -0.05) is 25.2 Å². The average molecular weight is 479 g/mol. The first-order valence-electron chi connectivity index (χ1n) is 11.0. The lowest BCUT2D eigenvalue weighted by atomic mass is 10.1. The van der Waals surface area contributed by atoms with E-state index in [1.165, 1.54) is 23.5 Å². The SMILES string of the molecule is CCN(CC)CCN(C(=O)c1ccc(N(CC)CC)cc1)c1nc2ccc(F)cc2s1.Cl. The van der Waals surface area contributed by atoms with Crippen molar-refractivity contribution in [3.63, 3.8) is 0 Å². The van der Waals surface area contributed by atoms with Crippen molar-refractivity contribution < 1.29 is 9.18 Å². The fourth-order valence-electron chi connectivity index (χ4n) is 3.63. The molecule has 3 aromatic rings. The van der Waals surface area contributed by atoms with E-state index in [-0.39, 0.29) is 24.1 Å². The molecule has 0 unspecified atom stereocenters. The summed E-state index contributed by atoms with van der Waals surface area (Å²) >= 11 is 1.35. The lowest BCUT2D eigenvalue weighted by molar-refractivity contribution is 0.0984. The van der Waals surface area contributed by atoms with Gasteiger partial charge < -0.3 is 9.80 Å². The zero-order chi connectivity index (χ0) is 22.4. The van der Waals surface area contributed by atoms with Crippen molar-refractivity contribution >= 4 is 50.7 Å². The smallest absolute Gasteiger partial charge is 0.260 e. The molecule has 0 saturated carbocycles. The Balaban J connectivity index is 0.00000363. The molecule has 0 aliphatic heterocycles. The van der Waals surface area contributed by atoms with E-state index in [2.05, 4.69) is 42.5 Å². The molecule has 0 fully saturated rings. The second kappa shape index (κ2) is 12.1. The maximum Gasteiger partial charge on any atom is 0.260 e. The van der Waals surface area contributed by atoms with Crippen LogP contribution in [-0.4, -0.2) is 55.1 Å². The summed E-state index contributed by atoms with van der Waals surface area (Å²) in [7, 11) is 0. The molecule has 0 N–H and O–H groups in total. The number of carbonyl (C=O) groups is 1. The maximum atomic E-state index is 13.7. The van der Waals surface area contributed by atoms with Gasteiger partial charge in [0.15, 0.2) is 5.13 Å². The molecule has 0 aliphatic rings. The van der Waals surface area contributed by atoms with Crippen LogP contribution in [0.4, 0.5) is 15.2 Å². The van der Waals surface area contributed by atoms with Crippen molar-refractivity contribution in [1.29, 1.82) is 0 Å². The minimum Gasteiger partial charge on any atom is -0.372 e. The minimum absolute atomic E-state index is 0. The van der Waals surface area contributed by atoms with Crippen molar-refractivity contribution in [2.45, 2.75) is 27.7 Å². The number of rotatable bonds is 10. The van der Waals surface area contributed by atoms with E-state index in [1.54, 1.807) is 11.0 Å².